The van der Waals surface area contributed by atoms with Gasteiger partial charge in [0.05, 0.1) is 18.1 Å². The minimum Gasteiger partial charge on any atom is -0.256 e. The van der Waals surface area contributed by atoms with Crippen LogP contribution in [0.3, 0.4) is 0 Å². The topological polar surface area (TPSA) is 63.9 Å². The molecule has 172 valence electrons. The van der Waals surface area contributed by atoms with Crippen LogP contribution in [0.2, 0.25) is 0 Å². The molecule has 0 bridgehead atoms. The molecule has 1 aliphatic rings. The van der Waals surface area contributed by atoms with Gasteiger partial charge in [0.15, 0.2) is 5.82 Å². The van der Waals surface area contributed by atoms with Crippen LogP contribution in [0.1, 0.15) is 56.7 Å². The third-order valence-electron chi connectivity index (χ3n) is 5.93. The minimum absolute atomic E-state index is 0.724. The number of aliphatic imine (C=N–C) groups is 1. The van der Waals surface area contributed by atoms with E-state index in [1.165, 1.54) is 23.1 Å². The van der Waals surface area contributed by atoms with Gasteiger partial charge in [0.25, 0.3) is 0 Å². The molecule has 0 aromatic carbocycles. The van der Waals surface area contributed by atoms with Crippen LogP contribution >= 0.6 is 0 Å². The molecule has 0 fully saturated rings. The van der Waals surface area contributed by atoms with E-state index in [1.807, 2.05) is 31.5 Å². The summed E-state index contributed by atoms with van der Waals surface area (Å²) in [6.07, 6.45) is 18.2. The lowest BCUT2D eigenvalue weighted by Gasteiger charge is -2.08. The molecule has 1 aliphatic carbocycles. The van der Waals surface area contributed by atoms with E-state index in [9.17, 15) is 0 Å². The van der Waals surface area contributed by atoms with Gasteiger partial charge in [0.1, 0.15) is 0 Å². The van der Waals surface area contributed by atoms with Crippen molar-refractivity contribution in [2.45, 2.75) is 53.4 Å². The van der Waals surface area contributed by atoms with Crippen molar-refractivity contribution >= 4 is 17.1 Å². The number of pyridine rings is 2. The van der Waals surface area contributed by atoms with Crippen LogP contribution in [0.25, 0.3) is 16.8 Å². The van der Waals surface area contributed by atoms with E-state index in [1.54, 1.807) is 12.4 Å². The first-order chi connectivity index (χ1) is 16.5. The first-order valence-corrected chi connectivity index (χ1v) is 11.8. The molecule has 5 heteroatoms. The number of aromatic nitrogens is 4. The molecule has 0 saturated carbocycles. The van der Waals surface area contributed by atoms with Crippen LogP contribution in [0.15, 0.2) is 83.4 Å². The maximum Gasteiger partial charge on any atom is 0.151 e. The molecule has 0 saturated heterocycles. The molecule has 4 rings (SSSR count). The van der Waals surface area contributed by atoms with Crippen molar-refractivity contribution in [3.8, 4) is 11.3 Å². The first-order valence-electron chi connectivity index (χ1n) is 11.8. The van der Waals surface area contributed by atoms with Gasteiger partial charge < -0.3 is 0 Å². The zero-order valence-electron chi connectivity index (χ0n) is 20.4. The second kappa shape index (κ2) is 10.9. The number of hydrogen-bond donors (Lipinski definition) is 0. The Hall–Kier alpha value is -3.73. The van der Waals surface area contributed by atoms with Gasteiger partial charge in [-0.2, -0.15) is 10.2 Å². The van der Waals surface area contributed by atoms with E-state index < -0.39 is 0 Å². The predicted octanol–water partition coefficient (Wildman–Crippen LogP) is 7.04. The third-order valence-corrected chi connectivity index (χ3v) is 5.93. The minimum atomic E-state index is 0.724. The molecule has 0 atom stereocenters. The number of nitrogens with zero attached hydrogens (tertiary/aromatic N) is 5. The second-order valence-corrected chi connectivity index (χ2v) is 9.05. The number of rotatable bonds is 5. The van der Waals surface area contributed by atoms with E-state index in [0.29, 0.717) is 0 Å². The lowest BCUT2D eigenvalue weighted by molar-refractivity contribution is 0.805. The SMILES string of the molecule is CC1=CC=C(c2ccc(N=C(C)Cc3cnc(-c4ccnnc4)c(C)c3)nc2)C=C(C)CCC1. The Balaban J connectivity index is 1.49. The molecule has 3 heterocycles. The third kappa shape index (κ3) is 6.19. The van der Waals surface area contributed by atoms with Crippen LogP contribution in [0, 0.1) is 6.92 Å². The normalized spacial score (nSPS) is 14.9. The lowest BCUT2D eigenvalue weighted by Crippen LogP contribution is -2.00. The van der Waals surface area contributed by atoms with Crippen LogP contribution in [0.5, 0.6) is 0 Å². The van der Waals surface area contributed by atoms with Gasteiger partial charge in [0, 0.05) is 35.7 Å². The zero-order valence-corrected chi connectivity index (χ0v) is 20.4. The van der Waals surface area contributed by atoms with Crippen molar-refractivity contribution in [2.24, 2.45) is 4.99 Å². The van der Waals surface area contributed by atoms with Gasteiger partial charge in [-0.1, -0.05) is 35.4 Å². The van der Waals surface area contributed by atoms with Crippen molar-refractivity contribution in [1.82, 2.24) is 20.2 Å². The Morgan fingerprint density at radius 1 is 0.882 bits per heavy atom. The van der Waals surface area contributed by atoms with E-state index in [4.69, 9.17) is 4.99 Å². The maximum atomic E-state index is 4.74. The van der Waals surface area contributed by atoms with Crippen molar-refractivity contribution in [1.29, 1.82) is 0 Å². The molecule has 0 amide bonds. The van der Waals surface area contributed by atoms with Gasteiger partial charge in [0.2, 0.25) is 0 Å². The maximum absolute atomic E-state index is 4.74. The molecule has 0 unspecified atom stereocenters. The van der Waals surface area contributed by atoms with Crippen molar-refractivity contribution in [3.63, 3.8) is 0 Å². The van der Waals surface area contributed by atoms with E-state index in [0.717, 1.165) is 58.7 Å². The number of hydrogen-bond acceptors (Lipinski definition) is 5. The van der Waals surface area contributed by atoms with Crippen LogP contribution < -0.4 is 0 Å². The highest BCUT2D eigenvalue weighted by Gasteiger charge is 2.07. The summed E-state index contributed by atoms with van der Waals surface area (Å²) < 4.78 is 0. The fourth-order valence-corrected chi connectivity index (χ4v) is 4.14. The Labute approximate surface area is 202 Å². The van der Waals surface area contributed by atoms with Crippen molar-refractivity contribution < 1.29 is 0 Å². The molecule has 5 nitrogen and oxygen atoms in total. The summed E-state index contributed by atoms with van der Waals surface area (Å²) in [6.45, 7) is 8.51. The molecule has 0 radical (unpaired) electrons. The monoisotopic (exact) mass is 449 g/mol. The van der Waals surface area contributed by atoms with Gasteiger partial charge >= 0.3 is 0 Å². The highest BCUT2D eigenvalue weighted by molar-refractivity contribution is 5.86. The van der Waals surface area contributed by atoms with Crippen LogP contribution in [-0.4, -0.2) is 25.9 Å². The molecule has 0 aliphatic heterocycles. The van der Waals surface area contributed by atoms with Gasteiger partial charge in [-0.25, -0.2) is 9.98 Å². The number of allylic oxidation sites excluding steroid dienone is 6. The smallest absolute Gasteiger partial charge is 0.151 e. The summed E-state index contributed by atoms with van der Waals surface area (Å²) in [4.78, 5) is 14.0. The van der Waals surface area contributed by atoms with Gasteiger partial charge in [-0.3, -0.25) is 4.98 Å². The molecule has 0 spiro atoms. The summed E-state index contributed by atoms with van der Waals surface area (Å²) in [5.74, 6) is 0.724. The Bertz CT molecular complexity index is 1270. The van der Waals surface area contributed by atoms with Crippen LogP contribution in [-0.2, 0) is 6.42 Å². The highest BCUT2D eigenvalue weighted by Crippen LogP contribution is 2.24. The average molecular weight is 450 g/mol. The van der Waals surface area contributed by atoms with E-state index >= 15 is 0 Å². The summed E-state index contributed by atoms with van der Waals surface area (Å²) in [6, 6.07) is 8.19. The predicted molar refractivity (Wildman–Crippen MR) is 140 cm³/mol. The summed E-state index contributed by atoms with van der Waals surface area (Å²) >= 11 is 0. The average Bonchev–Trinajstić information content (AvgIpc) is 2.90. The van der Waals surface area contributed by atoms with Crippen LogP contribution in [0.4, 0.5) is 5.82 Å². The first kappa shape index (κ1) is 23.4. The summed E-state index contributed by atoms with van der Waals surface area (Å²) in [5, 5.41) is 7.79. The summed E-state index contributed by atoms with van der Waals surface area (Å²) in [5.41, 5.74) is 10.3. The molecular formula is C29H31N5. The van der Waals surface area contributed by atoms with Gasteiger partial charge in [-0.05, 0) is 81.9 Å². The molecule has 3 aromatic heterocycles. The fraction of sp³-hybridized carbons (Fsp3) is 0.276. The van der Waals surface area contributed by atoms with Crippen molar-refractivity contribution in [3.05, 3.63) is 95.1 Å². The Morgan fingerprint density at radius 3 is 2.47 bits per heavy atom. The molecular weight excluding hydrogens is 418 g/mol. The standard InChI is InChI=1S/C29H31N5/c1-20-6-5-7-21(2)14-25(9-8-20)26-10-11-28(30-18-26)34-23(4)16-24-15-22(3)29(31-17-24)27-12-13-32-33-19-27/h8-15,17-19H,5-7,16H2,1-4H3. The molecule has 0 N–H and O–H groups in total. The van der Waals surface area contributed by atoms with Crippen molar-refractivity contribution in [2.75, 3.05) is 0 Å². The Kier molecular flexibility index (Phi) is 7.53. The number of aryl methyl sites for hydroxylation is 1. The lowest BCUT2D eigenvalue weighted by atomic mass is 10.0. The highest BCUT2D eigenvalue weighted by atomic mass is 15.1. The summed E-state index contributed by atoms with van der Waals surface area (Å²) in [7, 11) is 0. The molecule has 3 aromatic rings. The largest absolute Gasteiger partial charge is 0.256 e. The fourth-order valence-electron chi connectivity index (χ4n) is 4.14. The Morgan fingerprint density at radius 2 is 1.74 bits per heavy atom. The quantitative estimate of drug-likeness (QED) is 0.392. The van der Waals surface area contributed by atoms with Gasteiger partial charge in [-0.15, -0.1) is 0 Å². The van der Waals surface area contributed by atoms with E-state index in [-0.39, 0.29) is 0 Å². The van der Waals surface area contributed by atoms with E-state index in [2.05, 4.69) is 71.3 Å². The second-order valence-electron chi connectivity index (χ2n) is 9.05. The molecule has 34 heavy (non-hydrogen) atoms. The zero-order chi connectivity index (χ0) is 23.9.